The topological polar surface area (TPSA) is 72.5 Å². The number of hydrogen-bond donors (Lipinski definition) is 1. The molecule has 0 spiro atoms. The molecule has 4 fully saturated rings. The van der Waals surface area contributed by atoms with Crippen molar-refractivity contribution in [3.63, 3.8) is 0 Å². The van der Waals surface area contributed by atoms with Gasteiger partial charge >= 0.3 is 5.97 Å². The van der Waals surface area contributed by atoms with E-state index in [1.54, 1.807) is 7.11 Å². The second-order valence-corrected chi connectivity index (χ2v) is 17.7. The Morgan fingerprint density at radius 3 is 2.26 bits per heavy atom. The fourth-order valence-corrected chi connectivity index (χ4v) is 11.6. The molecular formula is C37H59NO4. The minimum atomic E-state index is -0.577. The molecule has 0 saturated heterocycles. The van der Waals surface area contributed by atoms with Gasteiger partial charge in [0, 0.05) is 12.0 Å². The predicted molar refractivity (Wildman–Crippen MR) is 167 cm³/mol. The predicted octanol–water partition coefficient (Wildman–Crippen LogP) is 7.92. The van der Waals surface area contributed by atoms with Gasteiger partial charge in [0.05, 0.1) is 18.4 Å². The van der Waals surface area contributed by atoms with E-state index in [0.29, 0.717) is 24.8 Å². The van der Waals surface area contributed by atoms with E-state index in [-0.39, 0.29) is 51.2 Å². The lowest BCUT2D eigenvalue weighted by Gasteiger charge is -2.71. The molecule has 0 aromatic rings. The number of carbonyl (C=O) groups is 3. The third-order valence-corrected chi connectivity index (χ3v) is 14.3. The van der Waals surface area contributed by atoms with Gasteiger partial charge in [0.15, 0.2) is 5.78 Å². The number of hydrogen-bond acceptors (Lipinski definition) is 4. The molecule has 1 N–H and O–H groups in total. The summed E-state index contributed by atoms with van der Waals surface area (Å²) in [7, 11) is 1.57. The molecule has 5 nitrogen and oxygen atoms in total. The summed E-state index contributed by atoms with van der Waals surface area (Å²) in [4.78, 5) is 41.0. The molecule has 8 atom stereocenters. The number of allylic oxidation sites excluding steroid dienone is 2. The Morgan fingerprint density at radius 2 is 1.62 bits per heavy atom. The Hall–Kier alpha value is -1.65. The summed E-state index contributed by atoms with van der Waals surface area (Å²) in [5, 5.41) is 3.14. The van der Waals surface area contributed by atoms with Crippen LogP contribution in [-0.4, -0.2) is 31.3 Å². The first-order valence-electron chi connectivity index (χ1n) is 17.0. The lowest BCUT2D eigenvalue weighted by atomic mass is 9.33. The maximum atomic E-state index is 13.9. The maximum absolute atomic E-state index is 13.9. The fourth-order valence-electron chi connectivity index (χ4n) is 11.6. The number of carbonyl (C=O) groups excluding carboxylic acids is 3. The average Bonchev–Trinajstić information content (AvgIpc) is 2.90. The van der Waals surface area contributed by atoms with Crippen LogP contribution in [0.2, 0.25) is 0 Å². The molecular weight excluding hydrogens is 522 g/mol. The molecule has 0 bridgehead atoms. The first-order chi connectivity index (χ1) is 19.4. The molecule has 5 aliphatic carbocycles. The lowest BCUT2D eigenvalue weighted by Crippen LogP contribution is -2.66. The molecule has 5 heteroatoms. The zero-order valence-corrected chi connectivity index (χ0v) is 28.4. The van der Waals surface area contributed by atoms with Crippen molar-refractivity contribution in [3.8, 4) is 0 Å². The first-order valence-corrected chi connectivity index (χ1v) is 17.0. The maximum Gasteiger partial charge on any atom is 0.312 e. The summed E-state index contributed by atoms with van der Waals surface area (Å²) in [6.07, 6.45) is 12.1. The van der Waals surface area contributed by atoms with Crippen molar-refractivity contribution in [2.45, 2.75) is 127 Å². The van der Waals surface area contributed by atoms with E-state index in [4.69, 9.17) is 4.74 Å². The van der Waals surface area contributed by atoms with Crippen molar-refractivity contribution in [3.05, 3.63) is 11.6 Å². The number of ether oxygens (including phenoxy) is 1. The van der Waals surface area contributed by atoms with Crippen molar-refractivity contribution in [2.24, 2.45) is 62.1 Å². The van der Waals surface area contributed by atoms with E-state index >= 15 is 0 Å². The molecule has 4 saturated carbocycles. The summed E-state index contributed by atoms with van der Waals surface area (Å²) in [6.45, 7) is 21.4. The van der Waals surface area contributed by atoms with Crippen LogP contribution in [0.4, 0.5) is 0 Å². The summed E-state index contributed by atoms with van der Waals surface area (Å²) in [6, 6.07) is 0. The van der Waals surface area contributed by atoms with Crippen LogP contribution in [0.15, 0.2) is 11.6 Å². The van der Waals surface area contributed by atoms with Crippen LogP contribution in [0.3, 0.4) is 0 Å². The van der Waals surface area contributed by atoms with Crippen LogP contribution in [0.25, 0.3) is 0 Å². The van der Waals surface area contributed by atoms with Gasteiger partial charge in [0.25, 0.3) is 0 Å². The Morgan fingerprint density at radius 1 is 0.952 bits per heavy atom. The van der Waals surface area contributed by atoms with E-state index in [1.807, 2.05) is 0 Å². The van der Waals surface area contributed by atoms with Gasteiger partial charge in [-0.1, -0.05) is 74.0 Å². The van der Waals surface area contributed by atoms with Crippen LogP contribution in [0.1, 0.15) is 127 Å². The van der Waals surface area contributed by atoms with Crippen LogP contribution in [-0.2, 0) is 19.1 Å². The van der Waals surface area contributed by atoms with Gasteiger partial charge in [-0.3, -0.25) is 14.4 Å². The highest BCUT2D eigenvalue weighted by atomic mass is 16.5. The normalized spacial score (nSPS) is 43.7. The minimum absolute atomic E-state index is 0.00670. The molecule has 8 unspecified atom stereocenters. The van der Waals surface area contributed by atoms with Crippen LogP contribution >= 0.6 is 0 Å². The van der Waals surface area contributed by atoms with Gasteiger partial charge < -0.3 is 10.1 Å². The molecule has 0 aromatic heterocycles. The number of amides is 1. The molecule has 42 heavy (non-hydrogen) atoms. The Kier molecular flexibility index (Phi) is 7.71. The molecule has 236 valence electrons. The van der Waals surface area contributed by atoms with Gasteiger partial charge in [-0.05, 0) is 110 Å². The number of Topliss-reactive ketones (excluding diaryl/α,β-unsaturated/α-hetero) is 1. The van der Waals surface area contributed by atoms with Crippen molar-refractivity contribution >= 4 is 17.7 Å². The molecule has 0 aliphatic heterocycles. The summed E-state index contributed by atoms with van der Waals surface area (Å²) >= 11 is 0. The van der Waals surface area contributed by atoms with E-state index in [0.717, 1.165) is 57.8 Å². The van der Waals surface area contributed by atoms with E-state index in [2.05, 4.69) is 73.7 Å². The van der Waals surface area contributed by atoms with Crippen molar-refractivity contribution < 1.29 is 19.1 Å². The number of nitrogens with one attached hydrogen (secondary N) is 1. The second-order valence-electron chi connectivity index (χ2n) is 17.7. The Bertz CT molecular complexity index is 1170. The summed E-state index contributed by atoms with van der Waals surface area (Å²) in [5.74, 6) is 0.872. The molecule has 5 rings (SSSR count). The molecule has 0 radical (unpaired) electrons. The van der Waals surface area contributed by atoms with Gasteiger partial charge in [0.1, 0.15) is 0 Å². The van der Waals surface area contributed by atoms with Crippen molar-refractivity contribution in [2.75, 3.05) is 13.7 Å². The van der Waals surface area contributed by atoms with Crippen molar-refractivity contribution in [1.82, 2.24) is 5.32 Å². The van der Waals surface area contributed by atoms with Crippen LogP contribution in [0.5, 0.6) is 0 Å². The third-order valence-electron chi connectivity index (χ3n) is 14.3. The standard InChI is InChI=1S/C37H59NO4/c1-23(2)14-20-38-30(40)24-21-34(7)27(33(5,6)29(24)39)13-15-36(9)28(34)12-11-25-26-22-32(3,4)16-18-37(26,31(41)42-10)19-17-35(25,36)8/h11,23-24,26-28H,12-22H2,1-10H3,(H,38,40). The number of methoxy groups -OCH3 is 1. The third kappa shape index (κ3) is 4.39. The van der Waals surface area contributed by atoms with Crippen molar-refractivity contribution in [1.29, 1.82) is 0 Å². The quantitative estimate of drug-likeness (QED) is 0.203. The largest absolute Gasteiger partial charge is 0.469 e. The zero-order chi connectivity index (χ0) is 31.1. The van der Waals surface area contributed by atoms with Gasteiger partial charge in [-0.15, -0.1) is 0 Å². The van der Waals surface area contributed by atoms with Crippen LogP contribution in [0, 0.1) is 62.1 Å². The summed E-state index contributed by atoms with van der Waals surface area (Å²) < 4.78 is 5.52. The molecule has 0 heterocycles. The first kappa shape index (κ1) is 31.8. The number of fused-ring (bicyclic) bond motifs is 7. The minimum Gasteiger partial charge on any atom is -0.469 e. The molecule has 5 aliphatic rings. The highest BCUT2D eigenvalue weighted by Gasteiger charge is 2.70. The van der Waals surface area contributed by atoms with Crippen LogP contribution < -0.4 is 5.32 Å². The molecule has 0 aromatic carbocycles. The number of esters is 1. The Labute approximate surface area is 255 Å². The number of rotatable bonds is 5. The van der Waals surface area contributed by atoms with Gasteiger partial charge in [-0.2, -0.15) is 0 Å². The Balaban J connectivity index is 1.54. The van der Waals surface area contributed by atoms with E-state index in [9.17, 15) is 14.4 Å². The monoisotopic (exact) mass is 581 g/mol. The SMILES string of the molecule is COC(=O)C12CCC(C)(C)CC1C1=CCC3C4(C)CC(C(=O)NCCC(C)C)C(=O)C(C)(C)C4CCC3(C)C1(C)CC2. The highest BCUT2D eigenvalue weighted by molar-refractivity contribution is 6.04. The van der Waals surface area contributed by atoms with Gasteiger partial charge in [-0.25, -0.2) is 0 Å². The fraction of sp³-hybridized carbons (Fsp3) is 0.865. The van der Waals surface area contributed by atoms with E-state index < -0.39 is 16.7 Å². The smallest absolute Gasteiger partial charge is 0.312 e. The highest BCUT2D eigenvalue weighted by Crippen LogP contribution is 2.75. The van der Waals surface area contributed by atoms with Gasteiger partial charge in [0.2, 0.25) is 5.91 Å². The lowest BCUT2D eigenvalue weighted by molar-refractivity contribution is -0.196. The molecule has 1 amide bonds. The average molecular weight is 582 g/mol. The number of ketones is 1. The second kappa shape index (κ2) is 10.2. The summed E-state index contributed by atoms with van der Waals surface area (Å²) in [5.41, 5.74) is 0.700. The van der Waals surface area contributed by atoms with E-state index in [1.165, 1.54) is 5.57 Å². The zero-order valence-electron chi connectivity index (χ0n) is 28.4.